The summed E-state index contributed by atoms with van der Waals surface area (Å²) < 4.78 is 19.7. The van der Waals surface area contributed by atoms with E-state index in [0.717, 1.165) is 16.7 Å². The van der Waals surface area contributed by atoms with E-state index in [-0.39, 0.29) is 37.5 Å². The fourth-order valence-electron chi connectivity index (χ4n) is 3.92. The molecule has 0 aliphatic rings. The maximum atomic E-state index is 14.1. The summed E-state index contributed by atoms with van der Waals surface area (Å²) in [5.74, 6) is -0.708. The van der Waals surface area contributed by atoms with Crippen molar-refractivity contribution in [3.05, 3.63) is 94.8 Å². The number of ether oxygens (including phenoxy) is 1. The summed E-state index contributed by atoms with van der Waals surface area (Å²) in [5, 5.41) is 10.0. The van der Waals surface area contributed by atoms with E-state index in [4.69, 9.17) is 22.1 Å². The fraction of sp³-hybridized carbons (Fsp3) is 0.296. The molecule has 0 aromatic heterocycles. The Labute approximate surface area is 199 Å². The third-order valence-electron chi connectivity index (χ3n) is 5.77. The van der Waals surface area contributed by atoms with Gasteiger partial charge in [-0.1, -0.05) is 66.2 Å². The van der Waals surface area contributed by atoms with Crippen LogP contribution in [0.25, 0.3) is 11.1 Å². The highest BCUT2D eigenvalue weighted by atomic mass is 35.5. The highest BCUT2D eigenvalue weighted by Gasteiger charge is 2.36. The van der Waals surface area contributed by atoms with Crippen molar-refractivity contribution < 1.29 is 19.0 Å². The lowest BCUT2D eigenvalue weighted by Crippen LogP contribution is -2.38. The molecule has 0 saturated carbocycles. The molecule has 4 nitrogen and oxygen atoms in total. The number of hydrogen-bond acceptors (Lipinski definition) is 4. The molecule has 0 heterocycles. The molecule has 6 heteroatoms. The van der Waals surface area contributed by atoms with Gasteiger partial charge in [0.25, 0.3) is 0 Å². The highest BCUT2D eigenvalue weighted by molar-refractivity contribution is 6.30. The highest BCUT2D eigenvalue weighted by Crippen LogP contribution is 2.31. The summed E-state index contributed by atoms with van der Waals surface area (Å²) in [6.45, 7) is 1.82. The first-order valence-corrected chi connectivity index (χ1v) is 11.3. The van der Waals surface area contributed by atoms with E-state index < -0.39 is 5.41 Å². The van der Waals surface area contributed by atoms with Crippen LogP contribution in [0, 0.1) is 11.2 Å². The van der Waals surface area contributed by atoms with Crippen LogP contribution in [-0.2, 0) is 22.6 Å². The molecule has 3 N–H and O–H groups in total. The minimum Gasteiger partial charge on any atom is -0.460 e. The van der Waals surface area contributed by atoms with E-state index in [9.17, 15) is 14.3 Å². The van der Waals surface area contributed by atoms with Gasteiger partial charge in [0, 0.05) is 23.2 Å². The Hall–Kier alpha value is -2.73. The van der Waals surface area contributed by atoms with Crippen molar-refractivity contribution in [2.45, 2.75) is 38.8 Å². The molecule has 0 saturated heterocycles. The average Bonchev–Trinajstić information content (AvgIpc) is 2.80. The summed E-state index contributed by atoms with van der Waals surface area (Å²) in [5.41, 5.74) is 8.53. The van der Waals surface area contributed by atoms with Gasteiger partial charge in [-0.3, -0.25) is 4.79 Å². The van der Waals surface area contributed by atoms with Gasteiger partial charge < -0.3 is 15.6 Å². The van der Waals surface area contributed by atoms with Crippen LogP contribution in [-0.4, -0.2) is 23.7 Å². The Morgan fingerprint density at radius 2 is 1.79 bits per heavy atom. The maximum Gasteiger partial charge on any atom is 0.312 e. The van der Waals surface area contributed by atoms with E-state index in [1.54, 1.807) is 13.0 Å². The van der Waals surface area contributed by atoms with Gasteiger partial charge in [0.05, 0.1) is 5.41 Å². The first-order chi connectivity index (χ1) is 15.8. The minimum atomic E-state index is -0.896. The first kappa shape index (κ1) is 24.9. The average molecular weight is 470 g/mol. The maximum absolute atomic E-state index is 14.1. The van der Waals surface area contributed by atoms with Crippen LogP contribution < -0.4 is 5.73 Å². The predicted octanol–water partition coefficient (Wildman–Crippen LogP) is 5.54. The van der Waals surface area contributed by atoms with E-state index in [2.05, 4.69) is 0 Å². The Bertz CT molecular complexity index is 1060. The second-order valence-corrected chi connectivity index (χ2v) is 9.02. The van der Waals surface area contributed by atoms with Crippen molar-refractivity contribution in [1.29, 1.82) is 0 Å². The molecule has 3 aromatic rings. The number of halogens is 2. The van der Waals surface area contributed by atoms with Crippen LogP contribution >= 0.6 is 11.6 Å². The molecule has 3 rings (SSSR count). The van der Waals surface area contributed by atoms with Gasteiger partial charge in [-0.15, -0.1) is 0 Å². The van der Waals surface area contributed by atoms with Crippen LogP contribution in [0.15, 0.2) is 72.8 Å². The number of carbonyl (C=O) groups is 1. The molecule has 0 fully saturated rings. The lowest BCUT2D eigenvalue weighted by molar-refractivity contribution is -0.158. The molecule has 0 aliphatic heterocycles. The number of benzene rings is 3. The van der Waals surface area contributed by atoms with Crippen molar-refractivity contribution in [3.63, 3.8) is 0 Å². The van der Waals surface area contributed by atoms with Gasteiger partial charge in [-0.2, -0.15) is 0 Å². The number of carbonyl (C=O) groups excluding carboxylic acids is 1. The third kappa shape index (κ3) is 6.87. The third-order valence-corrected chi connectivity index (χ3v) is 6.01. The van der Waals surface area contributed by atoms with E-state index >= 15 is 0 Å². The zero-order valence-corrected chi connectivity index (χ0v) is 19.4. The summed E-state index contributed by atoms with van der Waals surface area (Å²) in [6, 6.07) is 21.0. The molecule has 0 unspecified atom stereocenters. The number of esters is 1. The van der Waals surface area contributed by atoms with Gasteiger partial charge in [-0.05, 0) is 61.1 Å². The predicted molar refractivity (Wildman–Crippen MR) is 129 cm³/mol. The number of hydrogen-bond donors (Lipinski definition) is 2. The number of aliphatic hydroxyl groups is 1. The van der Waals surface area contributed by atoms with Crippen LogP contribution in [0.3, 0.4) is 0 Å². The lowest BCUT2D eigenvalue weighted by Gasteiger charge is -2.29. The largest absolute Gasteiger partial charge is 0.460 e. The van der Waals surface area contributed by atoms with Crippen molar-refractivity contribution in [1.82, 2.24) is 0 Å². The van der Waals surface area contributed by atoms with Gasteiger partial charge >= 0.3 is 5.97 Å². The number of nitrogens with two attached hydrogens (primary N) is 1. The van der Waals surface area contributed by atoms with Crippen LogP contribution in [0.5, 0.6) is 0 Å². The molecule has 3 aromatic carbocycles. The second kappa shape index (κ2) is 11.4. The van der Waals surface area contributed by atoms with Crippen molar-refractivity contribution in [3.8, 4) is 11.1 Å². The van der Waals surface area contributed by atoms with Crippen LogP contribution in [0.1, 0.15) is 30.9 Å². The SMILES string of the molecule is C[C@@](CCO)(C[C@H](N)Cc1ccc(-c2cc(Cl)ccc2F)cc1)C(=O)OCc1ccccc1. The monoisotopic (exact) mass is 469 g/mol. The molecule has 0 spiro atoms. The van der Waals surface area contributed by atoms with Crippen molar-refractivity contribution in [2.75, 3.05) is 6.61 Å². The van der Waals surface area contributed by atoms with E-state index in [0.29, 0.717) is 23.4 Å². The minimum absolute atomic E-state index is 0.135. The summed E-state index contributed by atoms with van der Waals surface area (Å²) >= 11 is 6.00. The number of rotatable bonds is 10. The molecule has 0 radical (unpaired) electrons. The summed E-state index contributed by atoms with van der Waals surface area (Å²) in [4.78, 5) is 12.8. The quantitative estimate of drug-likeness (QED) is 0.382. The molecule has 33 heavy (non-hydrogen) atoms. The van der Waals surface area contributed by atoms with Gasteiger partial charge in [-0.25, -0.2) is 4.39 Å². The molecule has 2 atom stereocenters. The van der Waals surface area contributed by atoms with E-state index in [1.165, 1.54) is 12.1 Å². The first-order valence-electron chi connectivity index (χ1n) is 10.9. The van der Waals surface area contributed by atoms with Gasteiger partial charge in [0.2, 0.25) is 0 Å². The second-order valence-electron chi connectivity index (χ2n) is 8.59. The zero-order valence-electron chi connectivity index (χ0n) is 18.6. The van der Waals surface area contributed by atoms with Crippen molar-refractivity contribution in [2.24, 2.45) is 11.1 Å². The standard InChI is InChI=1S/C27H29ClFNO3/c1-27(13-14-31,26(32)33-18-20-5-3-2-4-6-20)17-23(30)15-19-7-9-21(10-8-19)24-16-22(28)11-12-25(24)29/h2-12,16,23,31H,13-15,17-18,30H2,1H3/t23-,27-/m1/s1. The molecule has 0 bridgehead atoms. The Balaban J connectivity index is 1.63. The molecule has 174 valence electrons. The van der Waals surface area contributed by atoms with Crippen LogP contribution in [0.2, 0.25) is 5.02 Å². The molecule has 0 aliphatic carbocycles. The fourth-order valence-corrected chi connectivity index (χ4v) is 4.10. The summed E-state index contributed by atoms with van der Waals surface area (Å²) in [6.07, 6.45) is 1.17. The topological polar surface area (TPSA) is 72.5 Å². The Morgan fingerprint density at radius 3 is 2.45 bits per heavy atom. The molecular weight excluding hydrogens is 441 g/mol. The van der Waals surface area contributed by atoms with Crippen LogP contribution in [0.4, 0.5) is 4.39 Å². The normalized spacial score (nSPS) is 13.8. The van der Waals surface area contributed by atoms with E-state index in [1.807, 2.05) is 54.6 Å². The Kier molecular flexibility index (Phi) is 8.61. The van der Waals surface area contributed by atoms with Gasteiger partial charge in [0.15, 0.2) is 0 Å². The lowest BCUT2D eigenvalue weighted by atomic mass is 9.79. The van der Waals surface area contributed by atoms with Crippen molar-refractivity contribution >= 4 is 17.6 Å². The number of aliphatic hydroxyl groups excluding tert-OH is 1. The summed E-state index contributed by atoms with van der Waals surface area (Å²) in [7, 11) is 0. The Morgan fingerprint density at radius 1 is 1.09 bits per heavy atom. The van der Waals surface area contributed by atoms with Gasteiger partial charge in [0.1, 0.15) is 12.4 Å². The molecular formula is C27H29ClFNO3. The zero-order chi connectivity index (χ0) is 23.8. The smallest absolute Gasteiger partial charge is 0.312 e. The molecule has 0 amide bonds.